The van der Waals surface area contributed by atoms with Crippen LogP contribution in [0.25, 0.3) is 11.1 Å². The minimum absolute atomic E-state index is 0.00899. The third-order valence-electron chi connectivity index (χ3n) is 5.80. The quantitative estimate of drug-likeness (QED) is 0.841. The van der Waals surface area contributed by atoms with E-state index in [1.807, 2.05) is 61.3 Å². The molecule has 0 spiro atoms. The second-order valence-electron chi connectivity index (χ2n) is 7.65. The van der Waals surface area contributed by atoms with Gasteiger partial charge >= 0.3 is 0 Å². The summed E-state index contributed by atoms with van der Waals surface area (Å²) >= 11 is 0. The van der Waals surface area contributed by atoms with Crippen LogP contribution in [0.3, 0.4) is 0 Å². The fraction of sp³-hybridized carbons (Fsp3) is 0.391. The van der Waals surface area contributed by atoms with E-state index in [9.17, 15) is 9.59 Å². The van der Waals surface area contributed by atoms with Gasteiger partial charge in [0.05, 0.1) is 0 Å². The number of benzene rings is 2. The van der Waals surface area contributed by atoms with Gasteiger partial charge in [-0.15, -0.1) is 0 Å². The molecule has 1 N–H and O–H groups in total. The number of hydrogen-bond acceptors (Lipinski definition) is 4. The predicted octanol–water partition coefficient (Wildman–Crippen LogP) is 3.60. The van der Waals surface area contributed by atoms with Crippen molar-refractivity contribution in [1.29, 1.82) is 0 Å². The van der Waals surface area contributed by atoms with Gasteiger partial charge < -0.3 is 19.7 Å². The number of nitrogens with zero attached hydrogens (tertiary/aromatic N) is 1. The molecule has 29 heavy (non-hydrogen) atoms. The number of nitrogens with one attached hydrogen (secondary N) is 1. The van der Waals surface area contributed by atoms with E-state index in [4.69, 9.17) is 9.47 Å². The molecule has 2 atom stereocenters. The first-order chi connectivity index (χ1) is 14.0. The summed E-state index contributed by atoms with van der Waals surface area (Å²) in [5, 5.41) is 3.04. The van der Waals surface area contributed by atoms with Gasteiger partial charge in [0.25, 0.3) is 5.91 Å². The highest BCUT2D eigenvalue weighted by Gasteiger charge is 2.30. The molecule has 0 aromatic heterocycles. The van der Waals surface area contributed by atoms with Gasteiger partial charge in [-0.2, -0.15) is 0 Å². The maximum Gasteiger partial charge on any atom is 0.253 e. The molecule has 1 unspecified atom stereocenters. The smallest absolute Gasteiger partial charge is 0.253 e. The molecular formula is C23H26N2O4. The van der Waals surface area contributed by atoms with Crippen molar-refractivity contribution in [3.05, 3.63) is 48.0 Å². The van der Waals surface area contributed by atoms with Crippen molar-refractivity contribution in [3.8, 4) is 22.6 Å². The topological polar surface area (TPSA) is 67.9 Å². The molecule has 1 aliphatic heterocycles. The van der Waals surface area contributed by atoms with Crippen LogP contribution in [0.5, 0.6) is 11.5 Å². The van der Waals surface area contributed by atoms with Gasteiger partial charge in [0, 0.05) is 31.1 Å². The molecule has 2 amide bonds. The van der Waals surface area contributed by atoms with Crippen molar-refractivity contribution in [2.45, 2.75) is 44.7 Å². The molecular weight excluding hydrogens is 368 g/mol. The molecule has 1 fully saturated rings. The molecule has 2 aromatic rings. The number of ether oxygens (including phenoxy) is 2. The Kier molecular flexibility index (Phi) is 5.43. The Morgan fingerprint density at radius 1 is 1.03 bits per heavy atom. The van der Waals surface area contributed by atoms with E-state index in [2.05, 4.69) is 5.32 Å². The van der Waals surface area contributed by atoms with Crippen LogP contribution < -0.4 is 14.8 Å². The van der Waals surface area contributed by atoms with Crippen molar-refractivity contribution in [2.24, 2.45) is 0 Å². The first-order valence-electron chi connectivity index (χ1n) is 10.1. The lowest BCUT2D eigenvalue weighted by molar-refractivity contribution is -0.121. The van der Waals surface area contributed by atoms with Crippen molar-refractivity contribution < 1.29 is 19.1 Å². The highest BCUT2D eigenvalue weighted by molar-refractivity contribution is 5.94. The fourth-order valence-electron chi connectivity index (χ4n) is 4.02. The molecule has 1 saturated carbocycles. The number of hydrogen-bond donors (Lipinski definition) is 1. The van der Waals surface area contributed by atoms with E-state index in [1.165, 1.54) is 0 Å². The summed E-state index contributed by atoms with van der Waals surface area (Å²) in [6, 6.07) is 13.8. The second-order valence-corrected chi connectivity index (χ2v) is 7.65. The molecule has 0 bridgehead atoms. The first kappa shape index (κ1) is 19.3. The monoisotopic (exact) mass is 394 g/mol. The lowest BCUT2D eigenvalue weighted by Crippen LogP contribution is -2.38. The van der Waals surface area contributed by atoms with Crippen LogP contribution in [0, 0.1) is 0 Å². The zero-order chi connectivity index (χ0) is 20.4. The minimum atomic E-state index is 0.00899. The molecule has 6 heteroatoms. The van der Waals surface area contributed by atoms with Crippen LogP contribution in [-0.2, 0) is 4.79 Å². The standard InChI is InChI=1S/C23H26N2O4/c1-3-22(26)24-18-9-10-19(13-18)25(2)23(27)16-6-4-15(5-7-16)17-8-11-20-21(12-17)29-14-28-20/h4-8,11-12,18-19H,3,9-10,13-14H2,1-2H3,(H,24,26)/t18-,19?/m1/s1. The minimum Gasteiger partial charge on any atom is -0.454 e. The van der Waals surface area contributed by atoms with Gasteiger partial charge in [0.15, 0.2) is 11.5 Å². The summed E-state index contributed by atoms with van der Waals surface area (Å²) in [6.07, 6.45) is 3.12. The Hall–Kier alpha value is -3.02. The van der Waals surface area contributed by atoms with Gasteiger partial charge in [-0.1, -0.05) is 25.1 Å². The molecule has 1 heterocycles. The van der Waals surface area contributed by atoms with Crippen LogP contribution in [-0.4, -0.2) is 42.6 Å². The van der Waals surface area contributed by atoms with Crippen LogP contribution in [0.1, 0.15) is 43.0 Å². The zero-order valence-corrected chi connectivity index (χ0v) is 16.8. The molecule has 0 saturated heterocycles. The molecule has 6 nitrogen and oxygen atoms in total. The highest BCUT2D eigenvalue weighted by Crippen LogP contribution is 2.36. The lowest BCUT2D eigenvalue weighted by Gasteiger charge is -2.25. The molecule has 4 rings (SSSR count). The van der Waals surface area contributed by atoms with Crippen molar-refractivity contribution in [1.82, 2.24) is 10.2 Å². The highest BCUT2D eigenvalue weighted by atomic mass is 16.7. The van der Waals surface area contributed by atoms with E-state index in [0.29, 0.717) is 12.0 Å². The van der Waals surface area contributed by atoms with Crippen LogP contribution in [0.2, 0.25) is 0 Å². The average Bonchev–Trinajstić information content (AvgIpc) is 3.41. The van der Waals surface area contributed by atoms with Crippen molar-refractivity contribution in [2.75, 3.05) is 13.8 Å². The van der Waals surface area contributed by atoms with Crippen LogP contribution in [0.15, 0.2) is 42.5 Å². The number of amides is 2. The molecule has 0 radical (unpaired) electrons. The SMILES string of the molecule is CCC(=O)N[C@@H]1CCC(N(C)C(=O)c2ccc(-c3ccc4c(c3)OCO4)cc2)C1. The summed E-state index contributed by atoms with van der Waals surface area (Å²) in [4.78, 5) is 26.3. The Morgan fingerprint density at radius 2 is 1.76 bits per heavy atom. The number of fused-ring (bicyclic) bond motifs is 1. The summed E-state index contributed by atoms with van der Waals surface area (Å²) in [6.45, 7) is 2.10. The molecule has 2 aromatic carbocycles. The lowest BCUT2D eigenvalue weighted by atomic mass is 10.0. The summed E-state index contributed by atoms with van der Waals surface area (Å²) < 4.78 is 10.8. The maximum atomic E-state index is 12.9. The molecule has 2 aliphatic rings. The van der Waals surface area contributed by atoms with Gasteiger partial charge in [0.2, 0.25) is 12.7 Å². The summed E-state index contributed by atoms with van der Waals surface area (Å²) in [5.74, 6) is 1.58. The number of rotatable bonds is 5. The van der Waals surface area contributed by atoms with E-state index >= 15 is 0 Å². The van der Waals surface area contributed by atoms with Crippen molar-refractivity contribution in [3.63, 3.8) is 0 Å². The normalized spacial score (nSPS) is 19.8. The Labute approximate surface area is 170 Å². The van der Waals surface area contributed by atoms with E-state index in [1.54, 1.807) is 0 Å². The third kappa shape index (κ3) is 4.06. The van der Waals surface area contributed by atoms with Crippen LogP contribution in [0.4, 0.5) is 0 Å². The molecule has 152 valence electrons. The van der Waals surface area contributed by atoms with E-state index < -0.39 is 0 Å². The largest absolute Gasteiger partial charge is 0.454 e. The molecule has 1 aliphatic carbocycles. The Bertz CT molecular complexity index is 910. The predicted molar refractivity (Wildman–Crippen MR) is 110 cm³/mol. The Morgan fingerprint density at radius 3 is 2.52 bits per heavy atom. The van der Waals surface area contributed by atoms with Crippen LogP contribution >= 0.6 is 0 Å². The van der Waals surface area contributed by atoms with Gasteiger partial charge in [0.1, 0.15) is 0 Å². The zero-order valence-electron chi connectivity index (χ0n) is 16.8. The first-order valence-corrected chi connectivity index (χ1v) is 10.1. The van der Waals surface area contributed by atoms with E-state index in [0.717, 1.165) is 41.9 Å². The van der Waals surface area contributed by atoms with Gasteiger partial charge in [-0.25, -0.2) is 0 Å². The average molecular weight is 394 g/mol. The van der Waals surface area contributed by atoms with Gasteiger partial charge in [-0.05, 0) is 54.7 Å². The maximum absolute atomic E-state index is 12.9. The number of carbonyl (C=O) groups is 2. The second kappa shape index (κ2) is 8.15. The van der Waals surface area contributed by atoms with Gasteiger partial charge in [-0.3, -0.25) is 9.59 Å². The van der Waals surface area contributed by atoms with E-state index in [-0.39, 0.29) is 30.7 Å². The third-order valence-corrected chi connectivity index (χ3v) is 5.80. The Balaban J connectivity index is 1.41. The number of carbonyl (C=O) groups excluding carboxylic acids is 2. The summed E-state index contributed by atoms with van der Waals surface area (Å²) in [7, 11) is 1.85. The van der Waals surface area contributed by atoms with Crippen molar-refractivity contribution >= 4 is 11.8 Å². The fourth-order valence-corrected chi connectivity index (χ4v) is 4.02. The summed E-state index contributed by atoms with van der Waals surface area (Å²) in [5.41, 5.74) is 2.70.